The molecule has 1 saturated heterocycles. The molecule has 16 heavy (non-hydrogen) atoms. The minimum absolute atomic E-state index is 0.00857. The lowest BCUT2D eigenvalue weighted by Crippen LogP contribution is -2.44. The summed E-state index contributed by atoms with van der Waals surface area (Å²) < 4.78 is 5.13. The van der Waals surface area contributed by atoms with Crippen LogP contribution in [-0.4, -0.2) is 42.8 Å². The van der Waals surface area contributed by atoms with Gasteiger partial charge in [0, 0.05) is 7.11 Å². The fourth-order valence-corrected chi connectivity index (χ4v) is 2.37. The van der Waals surface area contributed by atoms with Gasteiger partial charge in [-0.1, -0.05) is 20.3 Å². The van der Waals surface area contributed by atoms with Gasteiger partial charge >= 0.3 is 0 Å². The van der Waals surface area contributed by atoms with Crippen LogP contribution in [0, 0.1) is 0 Å². The Morgan fingerprint density at radius 3 is 2.69 bits per heavy atom. The molecular formula is C12H24N2O2. The van der Waals surface area contributed by atoms with Gasteiger partial charge in [0.25, 0.3) is 0 Å². The molecule has 1 aliphatic heterocycles. The van der Waals surface area contributed by atoms with Gasteiger partial charge in [-0.15, -0.1) is 0 Å². The Kier molecular flexibility index (Phi) is 5.22. The first-order chi connectivity index (χ1) is 7.65. The largest absolute Gasteiger partial charge is 0.383 e. The van der Waals surface area contributed by atoms with Crippen LogP contribution in [0.3, 0.4) is 0 Å². The van der Waals surface area contributed by atoms with Crippen molar-refractivity contribution in [2.45, 2.75) is 58.3 Å². The van der Waals surface area contributed by atoms with Crippen molar-refractivity contribution in [3.63, 3.8) is 0 Å². The second-order valence-corrected chi connectivity index (χ2v) is 4.48. The van der Waals surface area contributed by atoms with E-state index in [-0.39, 0.29) is 24.2 Å². The third-order valence-electron chi connectivity index (χ3n) is 3.13. The van der Waals surface area contributed by atoms with Crippen LogP contribution < -0.4 is 5.32 Å². The number of rotatable bonds is 6. The Morgan fingerprint density at radius 2 is 2.19 bits per heavy atom. The molecule has 1 fully saturated rings. The molecule has 0 saturated carbocycles. The number of nitrogens with zero attached hydrogens (tertiary/aromatic N) is 1. The summed E-state index contributed by atoms with van der Waals surface area (Å²) >= 11 is 0. The second-order valence-electron chi connectivity index (χ2n) is 4.48. The van der Waals surface area contributed by atoms with Crippen LogP contribution in [0.4, 0.5) is 0 Å². The van der Waals surface area contributed by atoms with Gasteiger partial charge < -0.3 is 9.64 Å². The first-order valence-electron chi connectivity index (χ1n) is 6.22. The number of carbonyl (C=O) groups is 1. The van der Waals surface area contributed by atoms with Crippen molar-refractivity contribution in [1.82, 2.24) is 10.2 Å². The Morgan fingerprint density at radius 1 is 1.50 bits per heavy atom. The SMILES string of the molecule is CCCC1NC(CC)N(C(C)COC)C1=O. The van der Waals surface area contributed by atoms with Crippen molar-refractivity contribution in [3.05, 3.63) is 0 Å². The van der Waals surface area contributed by atoms with Gasteiger partial charge in [-0.25, -0.2) is 0 Å². The topological polar surface area (TPSA) is 41.6 Å². The van der Waals surface area contributed by atoms with Gasteiger partial charge in [0.1, 0.15) is 0 Å². The molecule has 0 aromatic heterocycles. The molecule has 3 atom stereocenters. The van der Waals surface area contributed by atoms with Crippen molar-refractivity contribution < 1.29 is 9.53 Å². The lowest BCUT2D eigenvalue weighted by molar-refractivity contribution is -0.133. The van der Waals surface area contributed by atoms with Crippen LogP contribution in [0.2, 0.25) is 0 Å². The molecule has 1 amide bonds. The third kappa shape index (κ3) is 2.74. The van der Waals surface area contributed by atoms with E-state index < -0.39 is 0 Å². The Labute approximate surface area is 98.3 Å². The number of nitrogens with one attached hydrogen (secondary N) is 1. The highest BCUT2D eigenvalue weighted by Crippen LogP contribution is 2.19. The number of amides is 1. The minimum atomic E-state index is 0.00857. The fraction of sp³-hybridized carbons (Fsp3) is 0.917. The van der Waals surface area contributed by atoms with Gasteiger partial charge in [0.05, 0.1) is 24.9 Å². The molecular weight excluding hydrogens is 204 g/mol. The Hall–Kier alpha value is -0.610. The summed E-state index contributed by atoms with van der Waals surface area (Å²) in [5.41, 5.74) is 0. The Balaban J connectivity index is 2.69. The monoisotopic (exact) mass is 228 g/mol. The zero-order valence-electron chi connectivity index (χ0n) is 10.8. The van der Waals surface area contributed by atoms with Gasteiger partial charge in [0.2, 0.25) is 5.91 Å². The molecule has 0 bridgehead atoms. The van der Waals surface area contributed by atoms with Crippen LogP contribution in [0.5, 0.6) is 0 Å². The highest BCUT2D eigenvalue weighted by Gasteiger charge is 2.39. The van der Waals surface area contributed by atoms with E-state index in [1.165, 1.54) is 0 Å². The first-order valence-corrected chi connectivity index (χ1v) is 6.22. The van der Waals surface area contributed by atoms with E-state index in [0.717, 1.165) is 19.3 Å². The zero-order valence-corrected chi connectivity index (χ0v) is 10.8. The first kappa shape index (κ1) is 13.5. The van der Waals surface area contributed by atoms with Crippen LogP contribution in [0.25, 0.3) is 0 Å². The molecule has 1 aliphatic rings. The van der Waals surface area contributed by atoms with Gasteiger partial charge in [0.15, 0.2) is 0 Å². The normalized spacial score (nSPS) is 27.5. The second kappa shape index (κ2) is 6.21. The van der Waals surface area contributed by atoms with Crippen LogP contribution >= 0.6 is 0 Å². The van der Waals surface area contributed by atoms with Gasteiger partial charge in [-0.05, 0) is 19.8 Å². The zero-order chi connectivity index (χ0) is 12.1. The lowest BCUT2D eigenvalue weighted by atomic mass is 10.1. The summed E-state index contributed by atoms with van der Waals surface area (Å²) in [6.45, 7) is 6.85. The average molecular weight is 228 g/mol. The van der Waals surface area contributed by atoms with Crippen LogP contribution in [-0.2, 0) is 9.53 Å². The predicted molar refractivity (Wildman–Crippen MR) is 64.1 cm³/mol. The molecule has 0 radical (unpaired) electrons. The van der Waals surface area contributed by atoms with Gasteiger partial charge in [-0.2, -0.15) is 0 Å². The average Bonchev–Trinajstić information content (AvgIpc) is 2.57. The van der Waals surface area contributed by atoms with Crippen molar-refractivity contribution in [3.8, 4) is 0 Å². The number of carbonyl (C=O) groups excluding carboxylic acids is 1. The highest BCUT2D eigenvalue weighted by molar-refractivity contribution is 5.84. The summed E-state index contributed by atoms with van der Waals surface area (Å²) in [6.07, 6.45) is 3.08. The van der Waals surface area contributed by atoms with Crippen molar-refractivity contribution >= 4 is 5.91 Å². The van der Waals surface area contributed by atoms with E-state index in [1.54, 1.807) is 7.11 Å². The predicted octanol–water partition coefficient (Wildman–Crippen LogP) is 1.36. The smallest absolute Gasteiger partial charge is 0.241 e. The molecule has 94 valence electrons. The van der Waals surface area contributed by atoms with Gasteiger partial charge in [-0.3, -0.25) is 10.1 Å². The quantitative estimate of drug-likeness (QED) is 0.746. The van der Waals surface area contributed by atoms with Crippen LogP contribution in [0.15, 0.2) is 0 Å². The summed E-state index contributed by atoms with van der Waals surface area (Å²) in [6, 6.07) is 0.158. The van der Waals surface area contributed by atoms with Crippen molar-refractivity contribution in [2.75, 3.05) is 13.7 Å². The summed E-state index contributed by atoms with van der Waals surface area (Å²) in [5, 5.41) is 3.40. The third-order valence-corrected chi connectivity index (χ3v) is 3.13. The van der Waals surface area contributed by atoms with E-state index >= 15 is 0 Å². The van der Waals surface area contributed by atoms with E-state index in [2.05, 4.69) is 19.2 Å². The van der Waals surface area contributed by atoms with Crippen molar-refractivity contribution in [1.29, 1.82) is 0 Å². The lowest BCUT2D eigenvalue weighted by Gasteiger charge is -2.29. The number of hydrogen-bond donors (Lipinski definition) is 1. The molecule has 4 nitrogen and oxygen atoms in total. The maximum atomic E-state index is 12.2. The maximum absolute atomic E-state index is 12.2. The summed E-state index contributed by atoms with van der Waals surface area (Å²) in [7, 11) is 1.68. The number of methoxy groups -OCH3 is 1. The van der Waals surface area contributed by atoms with E-state index in [0.29, 0.717) is 6.61 Å². The summed E-state index contributed by atoms with van der Waals surface area (Å²) in [5.74, 6) is 0.234. The maximum Gasteiger partial charge on any atom is 0.241 e. The van der Waals surface area contributed by atoms with Crippen molar-refractivity contribution in [2.24, 2.45) is 0 Å². The standard InChI is InChI=1S/C12H24N2O2/c1-5-7-10-12(15)14(9(3)8-16-4)11(6-2)13-10/h9-11,13H,5-8H2,1-4H3. The molecule has 1 N–H and O–H groups in total. The fourth-order valence-electron chi connectivity index (χ4n) is 2.37. The molecule has 0 aliphatic carbocycles. The molecule has 3 unspecified atom stereocenters. The molecule has 1 heterocycles. The van der Waals surface area contributed by atoms with E-state index in [4.69, 9.17) is 4.74 Å². The number of hydrogen-bond acceptors (Lipinski definition) is 3. The molecule has 4 heteroatoms. The minimum Gasteiger partial charge on any atom is -0.383 e. The number of ether oxygens (including phenoxy) is 1. The molecule has 0 spiro atoms. The van der Waals surface area contributed by atoms with Crippen LogP contribution in [0.1, 0.15) is 40.0 Å². The highest BCUT2D eigenvalue weighted by atomic mass is 16.5. The molecule has 0 aromatic rings. The summed E-state index contributed by atoms with van der Waals surface area (Å²) in [4.78, 5) is 14.1. The molecule has 1 rings (SSSR count). The Bertz CT molecular complexity index is 233. The molecule has 0 aromatic carbocycles. The van der Waals surface area contributed by atoms with E-state index in [1.807, 2.05) is 11.8 Å². The van der Waals surface area contributed by atoms with E-state index in [9.17, 15) is 4.79 Å².